The highest BCUT2D eigenvalue weighted by Gasteiger charge is 1.93. The highest BCUT2D eigenvalue weighted by molar-refractivity contribution is 14.0. The molecule has 0 nitrogen and oxygen atoms in total. The van der Waals surface area contributed by atoms with Gasteiger partial charge in [0, 0.05) is 0 Å². The highest BCUT2D eigenvalue weighted by Crippen LogP contribution is 2.16. The van der Waals surface area contributed by atoms with Crippen LogP contribution in [0.2, 0.25) is 0 Å². The molecule has 0 aliphatic heterocycles. The first-order valence-electron chi connectivity index (χ1n) is 4.88. The molecule has 0 unspecified atom stereocenters. The smallest absolute Gasteiger partial charge is 0.0181 e. The van der Waals surface area contributed by atoms with Crippen LogP contribution < -0.4 is 0 Å². The van der Waals surface area contributed by atoms with Crippen LogP contribution in [0.5, 0.6) is 0 Å². The van der Waals surface area contributed by atoms with Crippen molar-refractivity contribution in [1.29, 1.82) is 0 Å². The van der Waals surface area contributed by atoms with E-state index in [0.717, 1.165) is 0 Å². The third-order valence-electron chi connectivity index (χ3n) is 2.35. The van der Waals surface area contributed by atoms with Crippen LogP contribution in [0.4, 0.5) is 0 Å². The molecule has 0 heterocycles. The molecule has 0 amide bonds. The van der Waals surface area contributed by atoms with E-state index in [1.54, 1.807) is 0 Å². The van der Waals surface area contributed by atoms with Crippen LogP contribution in [0.25, 0.3) is 10.8 Å². The molecule has 0 bridgehead atoms. The molecule has 0 spiro atoms. The average molecular weight is 298 g/mol. The fourth-order valence-corrected chi connectivity index (χ4v) is 1.68. The standard InChI is InChI=1S/C13H14.HI/c1-2-5-11-8-9-12-6-3-4-7-13(12)10-11;/h3-4,6-10H,2,5H2,1H3;1H. The van der Waals surface area contributed by atoms with E-state index in [0.29, 0.717) is 0 Å². The lowest BCUT2D eigenvalue weighted by Crippen LogP contribution is -1.82. The predicted octanol–water partition coefficient (Wildman–Crippen LogP) is 4.41. The summed E-state index contributed by atoms with van der Waals surface area (Å²) in [5.41, 5.74) is 1.45. The minimum atomic E-state index is 0. The summed E-state index contributed by atoms with van der Waals surface area (Å²) in [7, 11) is 0. The molecule has 14 heavy (non-hydrogen) atoms. The Morgan fingerprint density at radius 3 is 2.36 bits per heavy atom. The first kappa shape index (κ1) is 11.5. The fraction of sp³-hybridized carbons (Fsp3) is 0.231. The molecule has 0 saturated heterocycles. The van der Waals surface area contributed by atoms with Crippen LogP contribution in [0.1, 0.15) is 18.9 Å². The van der Waals surface area contributed by atoms with Crippen molar-refractivity contribution in [2.75, 3.05) is 0 Å². The van der Waals surface area contributed by atoms with Crippen molar-refractivity contribution in [3.63, 3.8) is 0 Å². The van der Waals surface area contributed by atoms with E-state index >= 15 is 0 Å². The number of benzene rings is 2. The Balaban J connectivity index is 0.000000980. The van der Waals surface area contributed by atoms with E-state index in [1.165, 1.54) is 29.2 Å². The van der Waals surface area contributed by atoms with Crippen LogP contribution in [0.15, 0.2) is 42.5 Å². The maximum atomic E-state index is 2.29. The normalized spacial score (nSPS) is 9.79. The maximum Gasteiger partial charge on any atom is -0.0181 e. The molecule has 0 radical (unpaired) electrons. The zero-order chi connectivity index (χ0) is 9.10. The second-order valence-corrected chi connectivity index (χ2v) is 3.43. The topological polar surface area (TPSA) is 0 Å². The summed E-state index contributed by atoms with van der Waals surface area (Å²) in [6, 6.07) is 15.2. The molecule has 0 N–H and O–H groups in total. The maximum absolute atomic E-state index is 2.29. The number of halogens is 1. The second-order valence-electron chi connectivity index (χ2n) is 3.43. The van der Waals surface area contributed by atoms with E-state index in [2.05, 4.69) is 49.4 Å². The molecule has 0 aromatic heterocycles. The molecule has 0 fully saturated rings. The van der Waals surface area contributed by atoms with E-state index in [-0.39, 0.29) is 24.0 Å². The number of hydrogen-bond acceptors (Lipinski definition) is 0. The Hall–Kier alpha value is -0.570. The SMILES string of the molecule is CCCc1ccc2ccccc2c1.I. The lowest BCUT2D eigenvalue weighted by molar-refractivity contribution is 0.924. The summed E-state index contributed by atoms with van der Waals surface area (Å²) < 4.78 is 0. The van der Waals surface area contributed by atoms with Gasteiger partial charge in [-0.2, -0.15) is 0 Å². The van der Waals surface area contributed by atoms with Gasteiger partial charge >= 0.3 is 0 Å². The number of rotatable bonds is 2. The van der Waals surface area contributed by atoms with Crippen molar-refractivity contribution in [3.05, 3.63) is 48.0 Å². The van der Waals surface area contributed by atoms with Crippen LogP contribution >= 0.6 is 24.0 Å². The number of aryl methyl sites for hydroxylation is 1. The van der Waals surface area contributed by atoms with Crippen molar-refractivity contribution in [1.82, 2.24) is 0 Å². The Kier molecular flexibility index (Phi) is 4.39. The summed E-state index contributed by atoms with van der Waals surface area (Å²) in [4.78, 5) is 0. The van der Waals surface area contributed by atoms with Crippen molar-refractivity contribution in [3.8, 4) is 0 Å². The Morgan fingerprint density at radius 1 is 0.929 bits per heavy atom. The third kappa shape index (κ3) is 2.47. The molecular formula is C13H15I. The van der Waals surface area contributed by atoms with Crippen LogP contribution in [0.3, 0.4) is 0 Å². The van der Waals surface area contributed by atoms with Crippen molar-refractivity contribution >= 4 is 34.7 Å². The lowest BCUT2D eigenvalue weighted by Gasteiger charge is -2.01. The van der Waals surface area contributed by atoms with Crippen molar-refractivity contribution in [2.45, 2.75) is 19.8 Å². The molecular weight excluding hydrogens is 283 g/mol. The van der Waals surface area contributed by atoms with E-state index in [1.807, 2.05) is 0 Å². The first-order chi connectivity index (χ1) is 6.40. The summed E-state index contributed by atoms with van der Waals surface area (Å²) in [5, 5.41) is 2.69. The van der Waals surface area contributed by atoms with E-state index < -0.39 is 0 Å². The van der Waals surface area contributed by atoms with Gasteiger partial charge in [0.2, 0.25) is 0 Å². The summed E-state index contributed by atoms with van der Waals surface area (Å²) in [6.07, 6.45) is 2.41. The van der Waals surface area contributed by atoms with Crippen LogP contribution in [0, 0.1) is 0 Å². The van der Waals surface area contributed by atoms with Crippen molar-refractivity contribution in [2.24, 2.45) is 0 Å². The largest absolute Gasteiger partial charge is 0.107 e. The second kappa shape index (κ2) is 5.35. The summed E-state index contributed by atoms with van der Waals surface area (Å²) >= 11 is 0. The monoisotopic (exact) mass is 298 g/mol. The van der Waals surface area contributed by atoms with Gasteiger partial charge in [0.1, 0.15) is 0 Å². The fourth-order valence-electron chi connectivity index (χ4n) is 1.68. The minimum absolute atomic E-state index is 0. The number of hydrogen-bond donors (Lipinski definition) is 0. The van der Waals surface area contributed by atoms with Gasteiger partial charge in [-0.1, -0.05) is 55.8 Å². The van der Waals surface area contributed by atoms with E-state index in [4.69, 9.17) is 0 Å². The Bertz CT molecular complexity index is 407. The Labute approximate surface area is 102 Å². The minimum Gasteiger partial charge on any atom is -0.107 e. The molecule has 2 aromatic rings. The van der Waals surface area contributed by atoms with Gasteiger partial charge in [-0.15, -0.1) is 24.0 Å². The quantitative estimate of drug-likeness (QED) is 0.720. The molecule has 0 atom stereocenters. The molecule has 2 rings (SSSR count). The number of fused-ring (bicyclic) bond motifs is 1. The first-order valence-corrected chi connectivity index (χ1v) is 4.88. The predicted molar refractivity (Wildman–Crippen MR) is 73.4 cm³/mol. The average Bonchev–Trinajstić information content (AvgIpc) is 2.18. The Morgan fingerprint density at radius 2 is 1.64 bits per heavy atom. The van der Waals surface area contributed by atoms with Gasteiger partial charge in [-0.05, 0) is 22.8 Å². The zero-order valence-corrected chi connectivity index (χ0v) is 10.7. The van der Waals surface area contributed by atoms with Gasteiger partial charge in [0.15, 0.2) is 0 Å². The van der Waals surface area contributed by atoms with Gasteiger partial charge in [-0.25, -0.2) is 0 Å². The highest BCUT2D eigenvalue weighted by atomic mass is 127. The molecule has 0 saturated carbocycles. The van der Waals surface area contributed by atoms with Gasteiger partial charge < -0.3 is 0 Å². The molecule has 1 heteroatoms. The summed E-state index contributed by atoms with van der Waals surface area (Å²) in [5.74, 6) is 0. The molecule has 2 aromatic carbocycles. The van der Waals surface area contributed by atoms with Gasteiger partial charge in [0.05, 0.1) is 0 Å². The van der Waals surface area contributed by atoms with Crippen LogP contribution in [-0.2, 0) is 6.42 Å². The summed E-state index contributed by atoms with van der Waals surface area (Å²) in [6.45, 7) is 2.22. The van der Waals surface area contributed by atoms with Crippen molar-refractivity contribution < 1.29 is 0 Å². The third-order valence-corrected chi connectivity index (χ3v) is 2.35. The van der Waals surface area contributed by atoms with Gasteiger partial charge in [-0.3, -0.25) is 0 Å². The van der Waals surface area contributed by atoms with E-state index in [9.17, 15) is 0 Å². The molecule has 0 aliphatic rings. The lowest BCUT2D eigenvalue weighted by atomic mass is 10.0. The molecule has 0 aliphatic carbocycles. The van der Waals surface area contributed by atoms with Gasteiger partial charge in [0.25, 0.3) is 0 Å². The zero-order valence-electron chi connectivity index (χ0n) is 8.36. The van der Waals surface area contributed by atoms with Crippen LogP contribution in [-0.4, -0.2) is 0 Å². The molecule has 74 valence electrons.